The lowest BCUT2D eigenvalue weighted by atomic mass is 9.97. The number of hydrogen-bond acceptors (Lipinski definition) is 11. The number of aliphatic hydroxyl groups excluding tert-OH is 1. The lowest BCUT2D eigenvalue weighted by molar-refractivity contribution is -0.203. The van der Waals surface area contributed by atoms with E-state index in [0.717, 1.165) is 19.2 Å². The van der Waals surface area contributed by atoms with Crippen LogP contribution in [-0.4, -0.2) is 68.7 Å². The van der Waals surface area contributed by atoms with Gasteiger partial charge < -0.3 is 25.1 Å². The molecule has 39 heavy (non-hydrogen) atoms. The van der Waals surface area contributed by atoms with Gasteiger partial charge in [0.25, 0.3) is 5.85 Å². The Bertz CT molecular complexity index is 1160. The second-order valence-electron chi connectivity index (χ2n) is 9.96. The van der Waals surface area contributed by atoms with Crippen molar-refractivity contribution in [2.24, 2.45) is 0 Å². The van der Waals surface area contributed by atoms with E-state index < -0.39 is 73.6 Å². The normalized spacial score (nSPS) is 27.7. The van der Waals surface area contributed by atoms with Gasteiger partial charge in [0, 0.05) is 12.6 Å². The van der Waals surface area contributed by atoms with E-state index in [1.807, 2.05) is 0 Å². The molecule has 0 saturated carbocycles. The quantitative estimate of drug-likeness (QED) is 0.157. The fraction of sp³-hybridized carbons (Fsp3) is 0.727. The maximum Gasteiger partial charge on any atom is 0.351 e. The number of nitrogen functional groups attached to an aromatic ring is 1. The molecule has 0 radical (unpaired) electrons. The molecule has 1 fully saturated rings. The first-order valence-corrected chi connectivity index (χ1v) is 13.7. The number of rotatable bonds is 12. The average molecular weight is 584 g/mol. The van der Waals surface area contributed by atoms with Gasteiger partial charge in [-0.05, 0) is 47.6 Å². The van der Waals surface area contributed by atoms with Crippen LogP contribution in [0.5, 0.6) is 0 Å². The first-order valence-electron chi connectivity index (χ1n) is 12.1. The Morgan fingerprint density at radius 1 is 1.36 bits per heavy atom. The van der Waals surface area contributed by atoms with Crippen LogP contribution >= 0.6 is 7.67 Å². The molecule has 222 valence electrons. The summed E-state index contributed by atoms with van der Waals surface area (Å²) in [6.07, 6.45) is -4.08. The van der Waals surface area contributed by atoms with Crippen LogP contribution in [0.2, 0.25) is 0 Å². The van der Waals surface area contributed by atoms with E-state index in [4.69, 9.17) is 24.5 Å². The summed E-state index contributed by atoms with van der Waals surface area (Å²) in [7, 11) is -4.56. The Morgan fingerprint density at radius 3 is 2.51 bits per heavy atom. The largest absolute Gasteiger partial charge is 0.462 e. The Kier molecular flexibility index (Phi) is 10.0. The van der Waals surface area contributed by atoms with Crippen LogP contribution in [0.3, 0.4) is 0 Å². The van der Waals surface area contributed by atoms with Crippen molar-refractivity contribution in [3.05, 3.63) is 22.7 Å². The highest BCUT2D eigenvalue weighted by Gasteiger charge is 2.65. The summed E-state index contributed by atoms with van der Waals surface area (Å²) in [5.41, 5.74) is -0.206. The van der Waals surface area contributed by atoms with Crippen LogP contribution in [0.25, 0.3) is 0 Å². The monoisotopic (exact) mass is 583 g/mol. The lowest BCUT2D eigenvalue weighted by Crippen LogP contribution is -2.50. The maximum atomic E-state index is 15.9. The van der Waals surface area contributed by atoms with Crippen LogP contribution in [-0.2, 0) is 32.9 Å². The summed E-state index contributed by atoms with van der Waals surface area (Å²) in [5.74, 6) is -5.04. The van der Waals surface area contributed by atoms with Gasteiger partial charge in [-0.2, -0.15) is 10.1 Å². The zero-order chi connectivity index (χ0) is 30.0. The summed E-state index contributed by atoms with van der Waals surface area (Å²) in [6.45, 7) is 8.05. The number of carbonyl (C=O) groups excluding carboxylic acids is 2. The standard InChI is InChI=1S/C22H36F2N5O9P/c1-8-15(30)37-20(5,6)28-39(34,27-13(4)16(31)36-12(2)3)35-11-22(24)17(32)21(7,23)18(38-22)29-10-9-14(25)26-19(29)33/h9-10,12-13,17-18,32H,8,11H2,1-7H3,(H2,25,26,33)(H2,27,28,34)/t13-,17-,18+,21+,22+,39?/m0/s1. The van der Waals surface area contributed by atoms with Crippen LogP contribution < -0.4 is 21.6 Å². The molecule has 1 aromatic heterocycles. The molecular weight excluding hydrogens is 547 g/mol. The minimum Gasteiger partial charge on any atom is -0.462 e. The van der Waals surface area contributed by atoms with Crippen molar-refractivity contribution in [2.75, 3.05) is 12.3 Å². The van der Waals surface area contributed by atoms with Gasteiger partial charge in [-0.3, -0.25) is 23.2 Å². The fourth-order valence-electron chi connectivity index (χ4n) is 3.62. The number of carbonyl (C=O) groups is 2. The van der Waals surface area contributed by atoms with Gasteiger partial charge in [0.15, 0.2) is 23.7 Å². The zero-order valence-corrected chi connectivity index (χ0v) is 23.7. The Balaban J connectivity index is 2.35. The first kappa shape index (κ1) is 32.7. The van der Waals surface area contributed by atoms with Gasteiger partial charge in [0.05, 0.1) is 6.10 Å². The van der Waals surface area contributed by atoms with Crippen molar-refractivity contribution in [2.45, 2.75) is 96.6 Å². The van der Waals surface area contributed by atoms with E-state index in [-0.39, 0.29) is 12.2 Å². The second-order valence-corrected chi connectivity index (χ2v) is 11.8. The number of nitrogens with zero attached hydrogens (tertiary/aromatic N) is 2. The molecule has 0 bridgehead atoms. The van der Waals surface area contributed by atoms with E-state index in [1.54, 1.807) is 13.8 Å². The molecule has 1 saturated heterocycles. The molecule has 17 heteroatoms. The molecule has 0 amide bonds. The number of nitrogens with two attached hydrogens (primary N) is 1. The highest BCUT2D eigenvalue weighted by molar-refractivity contribution is 7.54. The number of anilines is 1. The highest BCUT2D eigenvalue weighted by Crippen LogP contribution is 2.50. The molecule has 0 spiro atoms. The molecule has 14 nitrogen and oxygen atoms in total. The first-order chi connectivity index (χ1) is 17.7. The highest BCUT2D eigenvalue weighted by atomic mass is 31.2. The van der Waals surface area contributed by atoms with Gasteiger partial charge in [0.1, 0.15) is 18.5 Å². The van der Waals surface area contributed by atoms with Gasteiger partial charge in [-0.15, -0.1) is 0 Å². The van der Waals surface area contributed by atoms with Crippen molar-refractivity contribution < 1.29 is 46.8 Å². The van der Waals surface area contributed by atoms with E-state index in [2.05, 4.69) is 15.2 Å². The molecule has 1 aliphatic heterocycles. The minimum absolute atomic E-state index is 0.0235. The molecule has 1 aliphatic rings. The topological polar surface area (TPSA) is 193 Å². The number of alkyl halides is 2. The van der Waals surface area contributed by atoms with Crippen LogP contribution in [0.1, 0.15) is 61.1 Å². The minimum atomic E-state index is -4.56. The Labute approximate surface area is 224 Å². The van der Waals surface area contributed by atoms with Crippen LogP contribution in [0.15, 0.2) is 17.1 Å². The summed E-state index contributed by atoms with van der Waals surface area (Å²) < 4.78 is 66.4. The third kappa shape index (κ3) is 8.02. The molecule has 2 heterocycles. The average Bonchev–Trinajstić information content (AvgIpc) is 2.97. The molecule has 0 aromatic carbocycles. The molecule has 1 aromatic rings. The molecule has 5 N–H and O–H groups in total. The van der Waals surface area contributed by atoms with E-state index >= 15 is 8.78 Å². The zero-order valence-electron chi connectivity index (χ0n) is 22.8. The fourth-order valence-corrected chi connectivity index (χ4v) is 5.56. The smallest absolute Gasteiger partial charge is 0.351 e. The number of aromatic nitrogens is 2. The number of halogens is 2. The van der Waals surface area contributed by atoms with Crippen LogP contribution in [0, 0.1) is 0 Å². The number of aliphatic hydroxyl groups is 1. The predicted octanol–water partition coefficient (Wildman–Crippen LogP) is 1.44. The summed E-state index contributed by atoms with van der Waals surface area (Å²) in [4.78, 5) is 39.8. The van der Waals surface area contributed by atoms with Gasteiger partial charge in [-0.1, -0.05) is 6.92 Å². The van der Waals surface area contributed by atoms with Crippen LogP contribution in [0.4, 0.5) is 14.6 Å². The second kappa shape index (κ2) is 11.9. The molecule has 2 rings (SSSR count). The van der Waals surface area contributed by atoms with E-state index in [9.17, 15) is 24.1 Å². The summed E-state index contributed by atoms with van der Waals surface area (Å²) in [5, 5.41) is 15.3. The molecule has 0 aliphatic carbocycles. The molecule has 6 atom stereocenters. The number of nitrogens with one attached hydrogen (secondary N) is 2. The van der Waals surface area contributed by atoms with Crippen molar-refractivity contribution in [3.63, 3.8) is 0 Å². The third-order valence-electron chi connectivity index (χ3n) is 5.42. The molecule has 1 unspecified atom stereocenters. The van der Waals surface area contributed by atoms with Crippen molar-refractivity contribution >= 4 is 25.4 Å². The summed E-state index contributed by atoms with van der Waals surface area (Å²) in [6, 6.07) is -0.145. The van der Waals surface area contributed by atoms with E-state index in [1.165, 1.54) is 27.7 Å². The summed E-state index contributed by atoms with van der Waals surface area (Å²) >= 11 is 0. The van der Waals surface area contributed by atoms with Crippen molar-refractivity contribution in [1.29, 1.82) is 0 Å². The van der Waals surface area contributed by atoms with Gasteiger partial charge in [-0.25, -0.2) is 18.7 Å². The third-order valence-corrected chi connectivity index (χ3v) is 7.48. The SMILES string of the molecule is CCC(=O)OC(C)(C)NP(=O)(N[C@@H](C)C(=O)OC(C)C)OC[C@@]1(F)O[C@@H](n2ccc(N)nc2=O)[C@](C)(F)[C@@H]1O. The van der Waals surface area contributed by atoms with Crippen molar-refractivity contribution in [3.8, 4) is 0 Å². The molecular formula is C22H36F2N5O9P. The Hall–Kier alpha value is -2.49. The number of esters is 2. The number of ether oxygens (including phenoxy) is 3. The van der Waals surface area contributed by atoms with Gasteiger partial charge >= 0.3 is 25.3 Å². The number of hydrogen-bond donors (Lipinski definition) is 4. The lowest BCUT2D eigenvalue weighted by Gasteiger charge is -2.34. The Morgan fingerprint density at radius 2 is 1.97 bits per heavy atom. The van der Waals surface area contributed by atoms with Crippen molar-refractivity contribution in [1.82, 2.24) is 19.7 Å². The van der Waals surface area contributed by atoms with E-state index in [0.29, 0.717) is 4.57 Å². The predicted molar refractivity (Wildman–Crippen MR) is 133 cm³/mol. The maximum absolute atomic E-state index is 15.9. The van der Waals surface area contributed by atoms with Gasteiger partial charge in [0.2, 0.25) is 0 Å².